The maximum absolute atomic E-state index is 8.77. The Bertz CT molecular complexity index is 128. The van der Waals surface area contributed by atoms with E-state index >= 15 is 0 Å². The number of rotatable bonds is 0. The van der Waals surface area contributed by atoms with Crippen molar-refractivity contribution in [2.24, 2.45) is 0 Å². The highest BCUT2D eigenvalue weighted by Crippen LogP contribution is 2.15. The monoisotopic (exact) mass is 116 g/mol. The van der Waals surface area contributed by atoms with E-state index in [-0.39, 0.29) is 24.2 Å². The Labute approximate surface area is 47.2 Å². The number of ether oxygens (including phenoxy) is 1. The minimum atomic E-state index is -0.324. The lowest BCUT2D eigenvalue weighted by atomic mass is 10.3. The summed E-state index contributed by atoms with van der Waals surface area (Å²) in [4.78, 5) is 0. The minimum absolute atomic E-state index is 0.0370. The molecule has 0 aromatic carbocycles. The zero-order chi connectivity index (χ0) is 6.15. The van der Waals surface area contributed by atoms with Crippen LogP contribution in [-0.4, -0.2) is 22.9 Å². The van der Waals surface area contributed by atoms with Crippen LogP contribution in [0.2, 0.25) is 0 Å². The summed E-state index contributed by atoms with van der Waals surface area (Å²) in [6, 6.07) is 0. The van der Waals surface area contributed by atoms with Gasteiger partial charge in [0.2, 0.25) is 0 Å². The summed E-state index contributed by atoms with van der Waals surface area (Å²) in [6.07, 6.45) is -0.324. The van der Waals surface area contributed by atoms with Gasteiger partial charge < -0.3 is 14.9 Å². The van der Waals surface area contributed by atoms with Crippen molar-refractivity contribution in [3.63, 3.8) is 0 Å². The molecule has 1 aliphatic rings. The van der Waals surface area contributed by atoms with Crippen molar-refractivity contribution in [2.45, 2.75) is 13.0 Å². The van der Waals surface area contributed by atoms with Gasteiger partial charge in [0.25, 0.3) is 0 Å². The number of hydrogen-bond acceptors (Lipinski definition) is 3. The summed E-state index contributed by atoms with van der Waals surface area (Å²) in [6.45, 7) is 1.82. The maximum Gasteiger partial charge on any atom is 0.161 e. The maximum atomic E-state index is 8.77. The van der Waals surface area contributed by atoms with Crippen molar-refractivity contribution < 1.29 is 14.9 Å². The zero-order valence-corrected chi connectivity index (χ0v) is 4.59. The fourth-order valence-electron chi connectivity index (χ4n) is 0.591. The van der Waals surface area contributed by atoms with Gasteiger partial charge in [0.05, 0.1) is 0 Å². The standard InChI is InChI=1S/C5H8O3/c1-3-5(7)4(6)2-8-3/h3,6-7H,2H2,1H3. The molecule has 46 valence electrons. The molecule has 3 nitrogen and oxygen atoms in total. The van der Waals surface area contributed by atoms with Gasteiger partial charge in [-0.2, -0.15) is 0 Å². The molecule has 1 rings (SSSR count). The predicted octanol–water partition coefficient (Wildman–Crippen LogP) is 0.733. The van der Waals surface area contributed by atoms with Crippen LogP contribution in [0.1, 0.15) is 6.92 Å². The highest BCUT2D eigenvalue weighted by atomic mass is 16.5. The van der Waals surface area contributed by atoms with E-state index in [9.17, 15) is 0 Å². The molecule has 1 atom stereocenters. The van der Waals surface area contributed by atoms with Crippen molar-refractivity contribution >= 4 is 0 Å². The van der Waals surface area contributed by atoms with E-state index in [1.807, 2.05) is 0 Å². The first kappa shape index (κ1) is 5.44. The van der Waals surface area contributed by atoms with Gasteiger partial charge in [-0.1, -0.05) is 0 Å². The third-order valence-electron chi connectivity index (χ3n) is 1.15. The molecule has 0 radical (unpaired) electrons. The molecule has 0 aliphatic carbocycles. The molecule has 1 heterocycles. The van der Waals surface area contributed by atoms with Crippen LogP contribution in [-0.2, 0) is 4.74 Å². The van der Waals surface area contributed by atoms with Gasteiger partial charge in [0.1, 0.15) is 12.7 Å². The Morgan fingerprint density at radius 1 is 1.62 bits per heavy atom. The van der Waals surface area contributed by atoms with Crippen LogP contribution in [0.5, 0.6) is 0 Å². The third kappa shape index (κ3) is 0.648. The molecule has 0 saturated heterocycles. The van der Waals surface area contributed by atoms with E-state index in [2.05, 4.69) is 0 Å². The van der Waals surface area contributed by atoms with E-state index < -0.39 is 0 Å². The van der Waals surface area contributed by atoms with E-state index in [1.165, 1.54) is 0 Å². The highest BCUT2D eigenvalue weighted by Gasteiger charge is 2.20. The van der Waals surface area contributed by atoms with Crippen LogP contribution < -0.4 is 0 Å². The summed E-state index contributed by atoms with van der Waals surface area (Å²) < 4.78 is 4.80. The fraction of sp³-hybridized carbons (Fsp3) is 0.600. The Balaban J connectivity index is 2.71. The van der Waals surface area contributed by atoms with Gasteiger partial charge >= 0.3 is 0 Å². The van der Waals surface area contributed by atoms with Crippen molar-refractivity contribution in [2.75, 3.05) is 6.61 Å². The second-order valence-corrected chi connectivity index (χ2v) is 1.79. The lowest BCUT2D eigenvalue weighted by Crippen LogP contribution is -2.02. The molecule has 0 saturated carbocycles. The Morgan fingerprint density at radius 3 is 2.38 bits per heavy atom. The molecule has 0 amide bonds. The molecule has 1 aliphatic heterocycles. The molecular weight excluding hydrogens is 108 g/mol. The van der Waals surface area contributed by atoms with Crippen LogP contribution in [0.3, 0.4) is 0 Å². The minimum Gasteiger partial charge on any atom is -0.506 e. The van der Waals surface area contributed by atoms with Crippen LogP contribution >= 0.6 is 0 Å². The van der Waals surface area contributed by atoms with Gasteiger partial charge in [-0.25, -0.2) is 0 Å². The van der Waals surface area contributed by atoms with Gasteiger partial charge in [0.15, 0.2) is 11.5 Å². The number of aliphatic hydroxyl groups excluding tert-OH is 2. The fourth-order valence-corrected chi connectivity index (χ4v) is 0.591. The second kappa shape index (κ2) is 1.67. The quantitative estimate of drug-likeness (QED) is 0.490. The second-order valence-electron chi connectivity index (χ2n) is 1.79. The lowest BCUT2D eigenvalue weighted by Gasteiger charge is -1.98. The van der Waals surface area contributed by atoms with Crippen LogP contribution in [0.4, 0.5) is 0 Å². The molecule has 0 bridgehead atoms. The largest absolute Gasteiger partial charge is 0.506 e. The topological polar surface area (TPSA) is 49.7 Å². The first-order valence-corrected chi connectivity index (χ1v) is 2.44. The Hall–Kier alpha value is -0.700. The average molecular weight is 116 g/mol. The van der Waals surface area contributed by atoms with Crippen molar-refractivity contribution in [1.82, 2.24) is 0 Å². The molecule has 0 aromatic rings. The first-order valence-electron chi connectivity index (χ1n) is 2.44. The summed E-state index contributed by atoms with van der Waals surface area (Å²) in [7, 11) is 0. The third-order valence-corrected chi connectivity index (χ3v) is 1.15. The lowest BCUT2D eigenvalue weighted by molar-refractivity contribution is 0.103. The van der Waals surface area contributed by atoms with E-state index in [0.717, 1.165) is 0 Å². The van der Waals surface area contributed by atoms with Gasteiger partial charge in [0, 0.05) is 0 Å². The summed E-state index contributed by atoms with van der Waals surface area (Å²) in [5, 5.41) is 17.4. The molecular formula is C5H8O3. The Kier molecular flexibility index (Phi) is 1.13. The normalized spacial score (nSPS) is 29.4. The van der Waals surface area contributed by atoms with Gasteiger partial charge in [-0.3, -0.25) is 0 Å². The Morgan fingerprint density at radius 2 is 2.25 bits per heavy atom. The molecule has 1 unspecified atom stereocenters. The smallest absolute Gasteiger partial charge is 0.161 e. The summed E-state index contributed by atoms with van der Waals surface area (Å²) in [5.74, 6) is -0.0810. The van der Waals surface area contributed by atoms with Crippen molar-refractivity contribution in [1.29, 1.82) is 0 Å². The molecule has 8 heavy (non-hydrogen) atoms. The SMILES string of the molecule is CC1OCC(O)=C1O. The zero-order valence-electron chi connectivity index (χ0n) is 4.59. The van der Waals surface area contributed by atoms with Gasteiger partial charge in [-0.15, -0.1) is 0 Å². The van der Waals surface area contributed by atoms with E-state index in [1.54, 1.807) is 6.92 Å². The van der Waals surface area contributed by atoms with Crippen LogP contribution in [0, 0.1) is 0 Å². The van der Waals surface area contributed by atoms with Gasteiger partial charge in [-0.05, 0) is 6.92 Å². The summed E-state index contributed by atoms with van der Waals surface area (Å²) >= 11 is 0. The van der Waals surface area contributed by atoms with E-state index in [4.69, 9.17) is 14.9 Å². The number of aliphatic hydroxyl groups is 2. The summed E-state index contributed by atoms with van der Waals surface area (Å²) in [5.41, 5.74) is 0. The first-order chi connectivity index (χ1) is 3.72. The molecule has 0 aromatic heterocycles. The number of hydrogen-bond donors (Lipinski definition) is 2. The van der Waals surface area contributed by atoms with Crippen LogP contribution in [0.15, 0.2) is 11.5 Å². The average Bonchev–Trinajstić information content (AvgIpc) is 1.98. The highest BCUT2D eigenvalue weighted by molar-refractivity contribution is 5.08. The molecule has 2 N–H and O–H groups in total. The van der Waals surface area contributed by atoms with Crippen LogP contribution in [0.25, 0.3) is 0 Å². The molecule has 3 heteroatoms. The van der Waals surface area contributed by atoms with Crippen molar-refractivity contribution in [3.8, 4) is 0 Å². The molecule has 0 spiro atoms. The van der Waals surface area contributed by atoms with Crippen molar-refractivity contribution in [3.05, 3.63) is 11.5 Å². The predicted molar refractivity (Wildman–Crippen MR) is 27.7 cm³/mol. The molecule has 0 fully saturated rings. The van der Waals surface area contributed by atoms with E-state index in [0.29, 0.717) is 0 Å².